The SMILES string of the molecule is CC(c1nc2ccccc2o1)N1CCN(C2CCS(=O)(=O)C2)CC1. The molecule has 24 heavy (non-hydrogen) atoms. The zero-order chi connectivity index (χ0) is 16.7. The smallest absolute Gasteiger partial charge is 0.212 e. The lowest BCUT2D eigenvalue weighted by molar-refractivity contribution is 0.0724. The van der Waals surface area contributed by atoms with Gasteiger partial charge >= 0.3 is 0 Å². The Labute approximate surface area is 142 Å². The van der Waals surface area contributed by atoms with E-state index in [2.05, 4.69) is 21.7 Å². The van der Waals surface area contributed by atoms with Crippen LogP contribution < -0.4 is 0 Å². The minimum absolute atomic E-state index is 0.131. The Kier molecular flexibility index (Phi) is 4.10. The van der Waals surface area contributed by atoms with Gasteiger partial charge in [-0.05, 0) is 25.5 Å². The molecule has 2 aliphatic heterocycles. The molecule has 4 rings (SSSR count). The summed E-state index contributed by atoms with van der Waals surface area (Å²) in [5.41, 5.74) is 1.73. The molecule has 2 unspecified atom stereocenters. The average Bonchev–Trinajstić information content (AvgIpc) is 3.17. The second-order valence-corrected chi connectivity index (χ2v) is 9.05. The van der Waals surface area contributed by atoms with E-state index in [0.717, 1.165) is 49.6 Å². The largest absolute Gasteiger partial charge is 0.439 e. The van der Waals surface area contributed by atoms with Crippen LogP contribution in [0.15, 0.2) is 28.7 Å². The molecule has 7 heteroatoms. The van der Waals surface area contributed by atoms with Gasteiger partial charge in [-0.15, -0.1) is 0 Å². The highest BCUT2D eigenvalue weighted by Gasteiger charge is 2.34. The lowest BCUT2D eigenvalue weighted by atomic mass is 10.1. The summed E-state index contributed by atoms with van der Waals surface area (Å²) in [7, 11) is -2.81. The van der Waals surface area contributed by atoms with E-state index < -0.39 is 9.84 Å². The van der Waals surface area contributed by atoms with Crippen LogP contribution in [0, 0.1) is 0 Å². The zero-order valence-corrected chi connectivity index (χ0v) is 14.7. The van der Waals surface area contributed by atoms with Crippen LogP contribution in [0.2, 0.25) is 0 Å². The second kappa shape index (κ2) is 6.13. The third-order valence-electron chi connectivity index (χ3n) is 5.29. The fourth-order valence-corrected chi connectivity index (χ4v) is 5.54. The summed E-state index contributed by atoms with van der Waals surface area (Å²) in [6.45, 7) is 5.77. The summed E-state index contributed by atoms with van der Waals surface area (Å²) in [6, 6.07) is 8.16. The molecule has 0 aliphatic carbocycles. The minimum Gasteiger partial charge on any atom is -0.439 e. The van der Waals surface area contributed by atoms with Gasteiger partial charge in [0.1, 0.15) is 5.52 Å². The molecule has 6 nitrogen and oxygen atoms in total. The molecule has 3 heterocycles. The molecule has 130 valence electrons. The molecule has 2 aliphatic rings. The Balaban J connectivity index is 1.40. The van der Waals surface area contributed by atoms with Crippen LogP contribution in [-0.2, 0) is 9.84 Å². The number of hydrogen-bond acceptors (Lipinski definition) is 6. The van der Waals surface area contributed by atoms with Gasteiger partial charge in [0.05, 0.1) is 17.5 Å². The molecule has 2 aromatic rings. The Morgan fingerprint density at radius 2 is 1.96 bits per heavy atom. The highest BCUT2D eigenvalue weighted by Crippen LogP contribution is 2.26. The third kappa shape index (κ3) is 3.08. The molecule has 0 spiro atoms. The van der Waals surface area contributed by atoms with Crippen molar-refractivity contribution >= 4 is 20.9 Å². The average molecular weight is 349 g/mol. The summed E-state index contributed by atoms with van der Waals surface area (Å²) in [4.78, 5) is 9.30. The first-order valence-corrected chi connectivity index (χ1v) is 10.4. The fourth-order valence-electron chi connectivity index (χ4n) is 3.78. The maximum absolute atomic E-state index is 11.7. The number of aromatic nitrogens is 1. The van der Waals surface area contributed by atoms with Gasteiger partial charge in [-0.1, -0.05) is 12.1 Å². The zero-order valence-electron chi connectivity index (χ0n) is 13.9. The first kappa shape index (κ1) is 16.1. The fraction of sp³-hybridized carbons (Fsp3) is 0.588. The minimum atomic E-state index is -2.81. The number of sulfone groups is 1. The van der Waals surface area contributed by atoms with Gasteiger partial charge in [0.2, 0.25) is 5.89 Å². The van der Waals surface area contributed by atoms with Crippen molar-refractivity contribution in [3.63, 3.8) is 0 Å². The van der Waals surface area contributed by atoms with Crippen LogP contribution in [0.1, 0.15) is 25.3 Å². The molecule has 1 aromatic carbocycles. The number of hydrogen-bond donors (Lipinski definition) is 0. The predicted octanol–water partition coefficient (Wildman–Crippen LogP) is 1.69. The maximum Gasteiger partial charge on any atom is 0.212 e. The molecular weight excluding hydrogens is 326 g/mol. The van der Waals surface area contributed by atoms with Gasteiger partial charge in [0.25, 0.3) is 0 Å². The van der Waals surface area contributed by atoms with E-state index in [-0.39, 0.29) is 12.1 Å². The summed E-state index contributed by atoms with van der Waals surface area (Å²) < 4.78 is 29.2. The number of nitrogens with zero attached hydrogens (tertiary/aromatic N) is 3. The second-order valence-electron chi connectivity index (χ2n) is 6.82. The lowest BCUT2D eigenvalue weighted by Gasteiger charge is -2.39. The number of fused-ring (bicyclic) bond motifs is 1. The summed E-state index contributed by atoms with van der Waals surface area (Å²) >= 11 is 0. The van der Waals surface area contributed by atoms with E-state index in [0.29, 0.717) is 11.5 Å². The molecular formula is C17H23N3O3S. The van der Waals surface area contributed by atoms with Crippen molar-refractivity contribution < 1.29 is 12.8 Å². The summed E-state index contributed by atoms with van der Waals surface area (Å²) in [5.74, 6) is 1.43. The van der Waals surface area contributed by atoms with Crippen molar-refractivity contribution in [3.8, 4) is 0 Å². The van der Waals surface area contributed by atoms with Gasteiger partial charge in [-0.25, -0.2) is 13.4 Å². The third-order valence-corrected chi connectivity index (χ3v) is 7.04. The van der Waals surface area contributed by atoms with Gasteiger partial charge in [-0.2, -0.15) is 0 Å². The van der Waals surface area contributed by atoms with Crippen molar-refractivity contribution in [2.45, 2.75) is 25.4 Å². The van der Waals surface area contributed by atoms with E-state index in [1.54, 1.807) is 0 Å². The molecule has 2 atom stereocenters. The Morgan fingerprint density at radius 3 is 2.62 bits per heavy atom. The Morgan fingerprint density at radius 1 is 1.21 bits per heavy atom. The van der Waals surface area contributed by atoms with Crippen LogP contribution in [0.3, 0.4) is 0 Å². The van der Waals surface area contributed by atoms with Crippen molar-refractivity contribution in [3.05, 3.63) is 30.2 Å². The quantitative estimate of drug-likeness (QED) is 0.840. The summed E-state index contributed by atoms with van der Waals surface area (Å²) in [5, 5.41) is 0. The molecule has 1 aromatic heterocycles. The summed E-state index contributed by atoms with van der Waals surface area (Å²) in [6.07, 6.45) is 0.781. The van der Waals surface area contributed by atoms with Crippen LogP contribution in [-0.4, -0.2) is 66.9 Å². The molecule has 2 fully saturated rings. The molecule has 2 saturated heterocycles. The van der Waals surface area contributed by atoms with Crippen LogP contribution >= 0.6 is 0 Å². The number of rotatable bonds is 3. The van der Waals surface area contributed by atoms with Crippen molar-refractivity contribution in [1.82, 2.24) is 14.8 Å². The van der Waals surface area contributed by atoms with E-state index in [9.17, 15) is 8.42 Å². The number of para-hydroxylation sites is 2. The molecule has 0 bridgehead atoms. The van der Waals surface area contributed by atoms with Crippen LogP contribution in [0.4, 0.5) is 0 Å². The number of piperazine rings is 1. The number of oxazole rings is 1. The van der Waals surface area contributed by atoms with Gasteiger partial charge in [0, 0.05) is 32.2 Å². The molecule has 0 saturated carbocycles. The molecule has 0 N–H and O–H groups in total. The normalized spacial score (nSPS) is 26.8. The molecule has 0 amide bonds. The predicted molar refractivity (Wildman–Crippen MR) is 92.6 cm³/mol. The van der Waals surface area contributed by atoms with E-state index in [1.807, 2.05) is 24.3 Å². The van der Waals surface area contributed by atoms with Crippen LogP contribution in [0.5, 0.6) is 0 Å². The Hall–Kier alpha value is -1.44. The first-order valence-electron chi connectivity index (χ1n) is 8.56. The van der Waals surface area contributed by atoms with E-state index in [1.165, 1.54) is 0 Å². The highest BCUT2D eigenvalue weighted by molar-refractivity contribution is 7.91. The number of benzene rings is 1. The van der Waals surface area contributed by atoms with Crippen molar-refractivity contribution in [1.29, 1.82) is 0 Å². The lowest BCUT2D eigenvalue weighted by Crippen LogP contribution is -2.51. The Bertz CT molecular complexity index is 791. The van der Waals surface area contributed by atoms with Crippen molar-refractivity contribution in [2.75, 3.05) is 37.7 Å². The molecule has 0 radical (unpaired) electrons. The maximum atomic E-state index is 11.7. The van der Waals surface area contributed by atoms with Gasteiger partial charge in [-0.3, -0.25) is 9.80 Å². The van der Waals surface area contributed by atoms with E-state index >= 15 is 0 Å². The van der Waals surface area contributed by atoms with Gasteiger partial charge < -0.3 is 4.42 Å². The van der Waals surface area contributed by atoms with E-state index in [4.69, 9.17) is 4.42 Å². The van der Waals surface area contributed by atoms with Crippen LogP contribution in [0.25, 0.3) is 11.1 Å². The highest BCUT2D eigenvalue weighted by atomic mass is 32.2. The van der Waals surface area contributed by atoms with Crippen molar-refractivity contribution in [2.24, 2.45) is 0 Å². The topological polar surface area (TPSA) is 66.7 Å². The monoisotopic (exact) mass is 349 g/mol. The first-order chi connectivity index (χ1) is 11.5. The standard InChI is InChI=1S/C17H23N3O3S/c1-13(17-18-15-4-2-3-5-16(15)23-17)19-7-9-20(10-8-19)14-6-11-24(21,22)12-14/h2-5,13-14H,6-12H2,1H3. The van der Waals surface area contributed by atoms with Gasteiger partial charge in [0.15, 0.2) is 15.4 Å².